The van der Waals surface area contributed by atoms with Gasteiger partial charge in [0.1, 0.15) is 0 Å². The molecule has 1 aliphatic heterocycles. The van der Waals surface area contributed by atoms with Crippen LogP contribution in [-0.4, -0.2) is 74.8 Å². The molecule has 1 saturated heterocycles. The fourth-order valence-corrected chi connectivity index (χ4v) is 3.90. The molecule has 1 saturated carbocycles. The predicted octanol–water partition coefficient (Wildman–Crippen LogP) is 1.55. The second kappa shape index (κ2) is 9.63. The van der Waals surface area contributed by atoms with E-state index in [-0.39, 0.29) is 0 Å². The van der Waals surface area contributed by atoms with Gasteiger partial charge in [0.2, 0.25) is 0 Å². The van der Waals surface area contributed by atoms with E-state index < -0.39 is 0 Å². The topological polar surface area (TPSA) is 48.9 Å². The number of thioether (sulfide) groups is 1. The molecule has 0 aromatic rings. The highest BCUT2D eigenvalue weighted by molar-refractivity contribution is 7.98. The van der Waals surface area contributed by atoms with Crippen molar-refractivity contribution in [2.75, 3.05) is 58.4 Å². The molecule has 1 heterocycles. The lowest BCUT2D eigenvalue weighted by Crippen LogP contribution is -2.60. The SMILES string of the molecule is CN=C(NCCSC)NCC1(N2CCOCC2)CCCCC1. The van der Waals surface area contributed by atoms with Gasteiger partial charge in [-0.2, -0.15) is 11.8 Å². The van der Waals surface area contributed by atoms with E-state index in [0.29, 0.717) is 5.54 Å². The molecule has 2 N–H and O–H groups in total. The van der Waals surface area contributed by atoms with Gasteiger partial charge in [-0.25, -0.2) is 0 Å². The first-order valence-electron chi connectivity index (χ1n) is 8.57. The number of hydrogen-bond acceptors (Lipinski definition) is 4. The van der Waals surface area contributed by atoms with Gasteiger partial charge in [0.25, 0.3) is 0 Å². The third-order valence-corrected chi connectivity index (χ3v) is 5.49. The molecule has 0 radical (unpaired) electrons. The van der Waals surface area contributed by atoms with Gasteiger partial charge in [-0.05, 0) is 19.1 Å². The van der Waals surface area contributed by atoms with Crippen molar-refractivity contribution >= 4 is 17.7 Å². The van der Waals surface area contributed by atoms with Crippen LogP contribution in [0.4, 0.5) is 0 Å². The Labute approximate surface area is 139 Å². The first-order chi connectivity index (χ1) is 10.8. The molecule has 0 aromatic heterocycles. The lowest BCUT2D eigenvalue weighted by atomic mass is 9.80. The Morgan fingerprint density at radius 3 is 2.55 bits per heavy atom. The summed E-state index contributed by atoms with van der Waals surface area (Å²) in [5.41, 5.74) is 0.291. The lowest BCUT2D eigenvalue weighted by molar-refractivity contribution is -0.0352. The van der Waals surface area contributed by atoms with Gasteiger partial charge < -0.3 is 15.4 Å². The van der Waals surface area contributed by atoms with Crippen molar-refractivity contribution in [1.29, 1.82) is 0 Å². The number of aliphatic imine (C=N–C) groups is 1. The van der Waals surface area contributed by atoms with Crippen LogP contribution in [0.25, 0.3) is 0 Å². The fraction of sp³-hybridized carbons (Fsp3) is 0.938. The van der Waals surface area contributed by atoms with Crippen LogP contribution in [-0.2, 0) is 4.74 Å². The van der Waals surface area contributed by atoms with Gasteiger partial charge in [0.15, 0.2) is 5.96 Å². The second-order valence-electron chi connectivity index (χ2n) is 6.23. The summed E-state index contributed by atoms with van der Waals surface area (Å²) in [5, 5.41) is 6.99. The lowest BCUT2D eigenvalue weighted by Gasteiger charge is -2.48. The highest BCUT2D eigenvalue weighted by Crippen LogP contribution is 2.33. The maximum Gasteiger partial charge on any atom is 0.191 e. The minimum absolute atomic E-state index is 0.291. The fourth-order valence-electron chi connectivity index (χ4n) is 3.59. The zero-order valence-corrected chi connectivity index (χ0v) is 15.0. The molecule has 1 aliphatic carbocycles. The molecule has 0 aromatic carbocycles. The zero-order chi connectivity index (χ0) is 15.7. The smallest absolute Gasteiger partial charge is 0.191 e. The van der Waals surface area contributed by atoms with Crippen LogP contribution in [0, 0.1) is 0 Å². The van der Waals surface area contributed by atoms with Gasteiger partial charge in [0, 0.05) is 44.5 Å². The average Bonchev–Trinajstić information content (AvgIpc) is 2.59. The minimum Gasteiger partial charge on any atom is -0.379 e. The van der Waals surface area contributed by atoms with E-state index in [4.69, 9.17) is 4.74 Å². The van der Waals surface area contributed by atoms with Gasteiger partial charge in [-0.1, -0.05) is 19.3 Å². The number of nitrogens with one attached hydrogen (secondary N) is 2. The maximum absolute atomic E-state index is 5.55. The normalized spacial score (nSPS) is 23.3. The monoisotopic (exact) mass is 328 g/mol. The maximum atomic E-state index is 5.55. The molecule has 2 rings (SSSR count). The molecule has 128 valence electrons. The number of ether oxygens (including phenoxy) is 1. The molecule has 0 spiro atoms. The molecule has 0 bridgehead atoms. The summed E-state index contributed by atoms with van der Waals surface area (Å²) in [6.45, 7) is 5.85. The van der Waals surface area contributed by atoms with Crippen molar-refractivity contribution in [2.24, 2.45) is 4.99 Å². The summed E-state index contributed by atoms with van der Waals surface area (Å²) >= 11 is 1.85. The first-order valence-corrected chi connectivity index (χ1v) is 9.96. The second-order valence-corrected chi connectivity index (χ2v) is 7.22. The number of guanidine groups is 1. The van der Waals surface area contributed by atoms with E-state index in [9.17, 15) is 0 Å². The van der Waals surface area contributed by atoms with E-state index in [1.807, 2.05) is 18.8 Å². The number of rotatable bonds is 6. The summed E-state index contributed by atoms with van der Waals surface area (Å²) < 4.78 is 5.55. The predicted molar refractivity (Wildman–Crippen MR) is 96.0 cm³/mol. The quantitative estimate of drug-likeness (QED) is 0.440. The molecule has 5 nitrogen and oxygen atoms in total. The van der Waals surface area contributed by atoms with Crippen molar-refractivity contribution in [3.8, 4) is 0 Å². The van der Waals surface area contributed by atoms with Crippen molar-refractivity contribution in [2.45, 2.75) is 37.6 Å². The van der Waals surface area contributed by atoms with Crippen molar-refractivity contribution in [1.82, 2.24) is 15.5 Å². The van der Waals surface area contributed by atoms with Crippen molar-refractivity contribution in [3.63, 3.8) is 0 Å². The average molecular weight is 329 g/mol. The Morgan fingerprint density at radius 1 is 1.18 bits per heavy atom. The molecule has 6 heteroatoms. The molecule has 0 unspecified atom stereocenters. The number of nitrogens with zero attached hydrogens (tertiary/aromatic N) is 2. The zero-order valence-electron chi connectivity index (χ0n) is 14.2. The van der Waals surface area contributed by atoms with Gasteiger partial charge in [-0.3, -0.25) is 9.89 Å². The van der Waals surface area contributed by atoms with E-state index in [0.717, 1.165) is 51.1 Å². The van der Waals surface area contributed by atoms with Crippen LogP contribution in [0.3, 0.4) is 0 Å². The number of hydrogen-bond donors (Lipinski definition) is 2. The third kappa shape index (κ3) is 5.03. The van der Waals surface area contributed by atoms with Crippen LogP contribution < -0.4 is 10.6 Å². The molecule has 2 fully saturated rings. The number of morpholine rings is 1. The molecular weight excluding hydrogens is 296 g/mol. The van der Waals surface area contributed by atoms with Crippen molar-refractivity contribution < 1.29 is 4.74 Å². The van der Waals surface area contributed by atoms with E-state index in [1.165, 1.54) is 32.1 Å². The highest BCUT2D eigenvalue weighted by atomic mass is 32.2. The van der Waals surface area contributed by atoms with E-state index in [1.54, 1.807) is 0 Å². The van der Waals surface area contributed by atoms with E-state index in [2.05, 4.69) is 26.8 Å². The molecule has 0 atom stereocenters. The van der Waals surface area contributed by atoms with Crippen LogP contribution in [0.1, 0.15) is 32.1 Å². The molecule has 22 heavy (non-hydrogen) atoms. The van der Waals surface area contributed by atoms with Crippen LogP contribution in [0.15, 0.2) is 4.99 Å². The Kier molecular flexibility index (Phi) is 7.83. The van der Waals surface area contributed by atoms with Crippen molar-refractivity contribution in [3.05, 3.63) is 0 Å². The highest BCUT2D eigenvalue weighted by Gasteiger charge is 2.38. The summed E-state index contributed by atoms with van der Waals surface area (Å²) in [5.74, 6) is 2.04. The van der Waals surface area contributed by atoms with Crippen LogP contribution in [0.2, 0.25) is 0 Å². The van der Waals surface area contributed by atoms with E-state index >= 15 is 0 Å². The summed E-state index contributed by atoms with van der Waals surface area (Å²) in [4.78, 5) is 7.03. The Balaban J connectivity index is 1.91. The molecule has 0 amide bonds. The molecule has 2 aliphatic rings. The summed E-state index contributed by atoms with van der Waals surface area (Å²) in [6, 6.07) is 0. The summed E-state index contributed by atoms with van der Waals surface area (Å²) in [7, 11) is 1.86. The minimum atomic E-state index is 0.291. The van der Waals surface area contributed by atoms with Gasteiger partial charge in [-0.15, -0.1) is 0 Å². The van der Waals surface area contributed by atoms with Gasteiger partial charge >= 0.3 is 0 Å². The first kappa shape index (κ1) is 17.9. The van der Waals surface area contributed by atoms with Gasteiger partial charge in [0.05, 0.1) is 13.2 Å². The Morgan fingerprint density at radius 2 is 1.91 bits per heavy atom. The summed E-state index contributed by atoms with van der Waals surface area (Å²) in [6.07, 6.45) is 8.79. The van der Waals surface area contributed by atoms with Crippen LogP contribution in [0.5, 0.6) is 0 Å². The third-order valence-electron chi connectivity index (χ3n) is 4.87. The standard InChI is InChI=1S/C16H32N4OS/c1-17-15(18-8-13-22-2)19-14-16(6-4-3-5-7-16)20-9-11-21-12-10-20/h3-14H2,1-2H3,(H2,17,18,19). The Bertz CT molecular complexity index is 339. The Hall–Kier alpha value is -0.460. The largest absolute Gasteiger partial charge is 0.379 e. The van der Waals surface area contributed by atoms with Crippen LogP contribution >= 0.6 is 11.8 Å². The molecular formula is C16H32N4OS.